The lowest BCUT2D eigenvalue weighted by Crippen LogP contribution is -1.90. The molecule has 0 radical (unpaired) electrons. The molecule has 1 nitrogen and oxygen atoms in total. The molecule has 0 heterocycles. The predicted octanol–water partition coefficient (Wildman–Crippen LogP) is 3.55. The molecule has 0 saturated carbocycles. The quantitative estimate of drug-likeness (QED) is 0.697. The van der Waals surface area contributed by atoms with Crippen molar-refractivity contribution in [2.75, 3.05) is 6.61 Å². The van der Waals surface area contributed by atoms with E-state index in [1.54, 1.807) is 0 Å². The van der Waals surface area contributed by atoms with Gasteiger partial charge in [0.05, 0.1) is 6.61 Å². The summed E-state index contributed by atoms with van der Waals surface area (Å²) in [7, 11) is 0. The fourth-order valence-corrected chi connectivity index (χ4v) is 1.68. The first kappa shape index (κ1) is 9.07. The number of rotatable bonds is 2. The molecule has 2 aromatic rings. The molecule has 0 spiro atoms. The smallest absolute Gasteiger partial charge is 0.119 e. The minimum Gasteiger partial charge on any atom is -0.494 e. The van der Waals surface area contributed by atoms with Crippen LogP contribution in [0.25, 0.3) is 10.8 Å². The van der Waals surface area contributed by atoms with Gasteiger partial charge in [-0.05, 0) is 42.3 Å². The van der Waals surface area contributed by atoms with Crippen molar-refractivity contribution in [2.24, 2.45) is 0 Å². The molecule has 0 saturated heterocycles. The molecule has 0 bridgehead atoms. The molecule has 0 amide bonds. The molecule has 0 atom stereocenters. The Morgan fingerprint density at radius 3 is 2.79 bits per heavy atom. The van der Waals surface area contributed by atoms with Crippen molar-refractivity contribution in [3.63, 3.8) is 0 Å². The summed E-state index contributed by atoms with van der Waals surface area (Å²) in [6, 6.07) is 12.6. The largest absolute Gasteiger partial charge is 0.494 e. The standard InChI is InChI=1S/C13H14O/c1-3-14-12-7-8-13-10(2)5-4-6-11(13)9-12/h4-9H,3H2,1-2H3. The zero-order valence-electron chi connectivity index (χ0n) is 8.58. The van der Waals surface area contributed by atoms with Crippen molar-refractivity contribution in [2.45, 2.75) is 13.8 Å². The fraction of sp³-hybridized carbons (Fsp3) is 0.231. The van der Waals surface area contributed by atoms with Gasteiger partial charge in [-0.2, -0.15) is 0 Å². The molecule has 2 rings (SSSR count). The number of fused-ring (bicyclic) bond motifs is 1. The van der Waals surface area contributed by atoms with Gasteiger partial charge in [-0.1, -0.05) is 24.3 Å². The minimum absolute atomic E-state index is 0.720. The highest BCUT2D eigenvalue weighted by atomic mass is 16.5. The van der Waals surface area contributed by atoms with Crippen molar-refractivity contribution in [3.8, 4) is 5.75 Å². The molecule has 1 heteroatoms. The summed E-state index contributed by atoms with van der Waals surface area (Å²) in [4.78, 5) is 0. The maximum absolute atomic E-state index is 5.45. The van der Waals surface area contributed by atoms with Crippen LogP contribution in [0.15, 0.2) is 36.4 Å². The van der Waals surface area contributed by atoms with Gasteiger partial charge in [0.2, 0.25) is 0 Å². The van der Waals surface area contributed by atoms with E-state index in [4.69, 9.17) is 4.74 Å². The number of hydrogen-bond acceptors (Lipinski definition) is 1. The first-order chi connectivity index (χ1) is 6.81. The molecule has 0 fully saturated rings. The molecule has 2 aromatic carbocycles. The lowest BCUT2D eigenvalue weighted by Gasteiger charge is -2.05. The Balaban J connectivity index is 2.56. The third kappa shape index (κ3) is 1.58. The maximum atomic E-state index is 5.45. The van der Waals surface area contributed by atoms with Crippen LogP contribution < -0.4 is 4.74 Å². The van der Waals surface area contributed by atoms with Crippen LogP contribution in [0, 0.1) is 6.92 Å². The number of benzene rings is 2. The Kier molecular flexibility index (Phi) is 2.40. The van der Waals surface area contributed by atoms with Gasteiger partial charge in [-0.3, -0.25) is 0 Å². The fourth-order valence-electron chi connectivity index (χ4n) is 1.68. The average molecular weight is 186 g/mol. The molecular weight excluding hydrogens is 172 g/mol. The SMILES string of the molecule is CCOc1ccc2c(C)cccc2c1. The molecule has 0 aliphatic carbocycles. The highest BCUT2D eigenvalue weighted by molar-refractivity contribution is 5.86. The third-order valence-electron chi connectivity index (χ3n) is 2.38. The third-order valence-corrected chi connectivity index (χ3v) is 2.38. The zero-order valence-corrected chi connectivity index (χ0v) is 8.58. The molecule has 0 aliphatic heterocycles. The summed E-state index contributed by atoms with van der Waals surface area (Å²) in [5, 5.41) is 2.55. The van der Waals surface area contributed by atoms with Crippen LogP contribution in [0.5, 0.6) is 5.75 Å². The zero-order chi connectivity index (χ0) is 9.97. The minimum atomic E-state index is 0.720. The normalized spacial score (nSPS) is 10.4. The molecule has 0 aromatic heterocycles. The molecule has 72 valence electrons. The molecule has 0 aliphatic rings. The first-order valence-corrected chi connectivity index (χ1v) is 4.93. The van der Waals surface area contributed by atoms with Gasteiger partial charge in [-0.15, -0.1) is 0 Å². The number of aryl methyl sites for hydroxylation is 1. The second kappa shape index (κ2) is 3.70. The predicted molar refractivity (Wildman–Crippen MR) is 59.9 cm³/mol. The molecule has 0 unspecified atom stereocenters. The van der Waals surface area contributed by atoms with Crippen LogP contribution in [0.4, 0.5) is 0 Å². The number of ether oxygens (including phenoxy) is 1. The van der Waals surface area contributed by atoms with Gasteiger partial charge in [0.15, 0.2) is 0 Å². The van der Waals surface area contributed by atoms with Gasteiger partial charge < -0.3 is 4.74 Å². The Bertz CT molecular complexity index is 446. The van der Waals surface area contributed by atoms with E-state index in [1.165, 1.54) is 16.3 Å². The summed E-state index contributed by atoms with van der Waals surface area (Å²) < 4.78 is 5.45. The van der Waals surface area contributed by atoms with E-state index in [-0.39, 0.29) is 0 Å². The molecule has 14 heavy (non-hydrogen) atoms. The lowest BCUT2D eigenvalue weighted by atomic mass is 10.1. The highest BCUT2D eigenvalue weighted by Crippen LogP contribution is 2.23. The van der Waals surface area contributed by atoms with Gasteiger partial charge >= 0.3 is 0 Å². The molecule has 0 N–H and O–H groups in total. The van der Waals surface area contributed by atoms with Crippen LogP contribution >= 0.6 is 0 Å². The Morgan fingerprint density at radius 1 is 1.14 bits per heavy atom. The van der Waals surface area contributed by atoms with Crippen molar-refractivity contribution in [3.05, 3.63) is 42.0 Å². The van der Waals surface area contributed by atoms with Crippen molar-refractivity contribution >= 4 is 10.8 Å². The van der Waals surface area contributed by atoms with Gasteiger partial charge in [0, 0.05) is 0 Å². The monoisotopic (exact) mass is 186 g/mol. The van der Waals surface area contributed by atoms with E-state index < -0.39 is 0 Å². The second-order valence-corrected chi connectivity index (χ2v) is 3.39. The lowest BCUT2D eigenvalue weighted by molar-refractivity contribution is 0.341. The Morgan fingerprint density at radius 2 is 2.00 bits per heavy atom. The van der Waals surface area contributed by atoms with Crippen LogP contribution in [0.3, 0.4) is 0 Å². The summed E-state index contributed by atoms with van der Waals surface area (Å²) in [6.07, 6.45) is 0. The van der Waals surface area contributed by atoms with Crippen molar-refractivity contribution in [1.29, 1.82) is 0 Å². The van der Waals surface area contributed by atoms with E-state index in [9.17, 15) is 0 Å². The van der Waals surface area contributed by atoms with Crippen LogP contribution in [0.1, 0.15) is 12.5 Å². The first-order valence-electron chi connectivity index (χ1n) is 4.93. The van der Waals surface area contributed by atoms with Gasteiger partial charge in [-0.25, -0.2) is 0 Å². The average Bonchev–Trinajstić information content (AvgIpc) is 2.18. The Labute approximate surface area is 84.3 Å². The van der Waals surface area contributed by atoms with Crippen LogP contribution in [-0.2, 0) is 0 Å². The molecular formula is C13H14O. The maximum Gasteiger partial charge on any atom is 0.119 e. The van der Waals surface area contributed by atoms with Crippen LogP contribution in [-0.4, -0.2) is 6.61 Å². The van der Waals surface area contributed by atoms with Crippen molar-refractivity contribution < 1.29 is 4.74 Å². The summed E-state index contributed by atoms with van der Waals surface area (Å²) in [5.41, 5.74) is 1.31. The highest BCUT2D eigenvalue weighted by Gasteiger charge is 1.98. The van der Waals surface area contributed by atoms with Crippen molar-refractivity contribution in [1.82, 2.24) is 0 Å². The van der Waals surface area contributed by atoms with E-state index in [1.807, 2.05) is 13.0 Å². The van der Waals surface area contributed by atoms with E-state index in [0.717, 1.165) is 12.4 Å². The summed E-state index contributed by atoms with van der Waals surface area (Å²) in [6.45, 7) is 4.85. The van der Waals surface area contributed by atoms with Gasteiger partial charge in [0.25, 0.3) is 0 Å². The summed E-state index contributed by atoms with van der Waals surface area (Å²) >= 11 is 0. The Hall–Kier alpha value is -1.50. The van der Waals surface area contributed by atoms with Gasteiger partial charge in [0.1, 0.15) is 5.75 Å². The van der Waals surface area contributed by atoms with E-state index in [0.29, 0.717) is 0 Å². The topological polar surface area (TPSA) is 9.23 Å². The summed E-state index contributed by atoms with van der Waals surface area (Å²) in [5.74, 6) is 0.950. The van der Waals surface area contributed by atoms with Crippen LogP contribution in [0.2, 0.25) is 0 Å². The second-order valence-electron chi connectivity index (χ2n) is 3.39. The van der Waals surface area contributed by atoms with E-state index in [2.05, 4.69) is 37.3 Å². The number of hydrogen-bond donors (Lipinski definition) is 0. The van der Waals surface area contributed by atoms with E-state index >= 15 is 0 Å².